The number of benzene rings is 1. The first kappa shape index (κ1) is 21.0. The molecule has 3 aromatic rings. The molecule has 0 unspecified atom stereocenters. The van der Waals surface area contributed by atoms with Crippen LogP contribution in [-0.2, 0) is 24.1 Å². The topological polar surface area (TPSA) is 88.9 Å². The van der Waals surface area contributed by atoms with Crippen LogP contribution in [0.4, 0.5) is 18.9 Å². The summed E-state index contributed by atoms with van der Waals surface area (Å²) in [6, 6.07) is 10.5. The Kier molecular flexibility index (Phi) is 6.14. The van der Waals surface area contributed by atoms with Crippen molar-refractivity contribution >= 4 is 17.5 Å². The maximum absolute atomic E-state index is 12.7. The molecule has 0 aliphatic rings. The molecule has 0 radical (unpaired) electrons. The molecule has 1 aromatic carbocycles. The molecule has 0 fully saturated rings. The van der Waals surface area contributed by atoms with Gasteiger partial charge in [0, 0.05) is 24.6 Å². The third kappa shape index (κ3) is 5.43. The number of amides is 2. The zero-order valence-electron chi connectivity index (χ0n) is 15.9. The van der Waals surface area contributed by atoms with Gasteiger partial charge in [-0.05, 0) is 42.8 Å². The van der Waals surface area contributed by atoms with Crippen molar-refractivity contribution in [2.45, 2.75) is 26.2 Å². The Bertz CT molecular complexity index is 1050. The lowest BCUT2D eigenvalue weighted by atomic mass is 10.1. The molecule has 3 rings (SSSR count). The van der Waals surface area contributed by atoms with Crippen LogP contribution in [0.2, 0.25) is 0 Å². The number of anilines is 1. The van der Waals surface area contributed by atoms with Crippen molar-refractivity contribution < 1.29 is 22.8 Å². The minimum atomic E-state index is -4.57. The van der Waals surface area contributed by atoms with Gasteiger partial charge in [-0.15, -0.1) is 0 Å². The standard InChI is InChI=1S/C20H18F3N5O2/c1-13-16(6-7-17(26-13)20(21,22)23)19(30)24-11-14-4-2-5-15(10-14)27-18(29)12-28-9-3-8-25-28/h2-10H,11-12H2,1H3,(H,24,30)(H,27,29). The van der Waals surface area contributed by atoms with Gasteiger partial charge in [-0.2, -0.15) is 18.3 Å². The van der Waals surface area contributed by atoms with E-state index >= 15 is 0 Å². The number of nitrogens with zero attached hydrogens (tertiary/aromatic N) is 3. The number of carbonyl (C=O) groups is 2. The Labute approximate surface area is 169 Å². The van der Waals surface area contributed by atoms with Crippen molar-refractivity contribution in [3.63, 3.8) is 0 Å². The van der Waals surface area contributed by atoms with E-state index in [1.54, 1.807) is 42.7 Å². The van der Waals surface area contributed by atoms with E-state index in [-0.39, 0.29) is 30.3 Å². The van der Waals surface area contributed by atoms with Crippen molar-refractivity contribution in [3.05, 3.63) is 77.4 Å². The molecule has 2 aromatic heterocycles. The van der Waals surface area contributed by atoms with Crippen molar-refractivity contribution in [2.24, 2.45) is 0 Å². The molecule has 0 aliphatic heterocycles. The van der Waals surface area contributed by atoms with Gasteiger partial charge in [-0.1, -0.05) is 12.1 Å². The highest BCUT2D eigenvalue weighted by molar-refractivity contribution is 5.95. The lowest BCUT2D eigenvalue weighted by molar-refractivity contribution is -0.141. The fourth-order valence-electron chi connectivity index (χ4n) is 2.74. The highest BCUT2D eigenvalue weighted by atomic mass is 19.4. The minimum Gasteiger partial charge on any atom is -0.348 e. The predicted octanol–water partition coefficient (Wildman–Crippen LogP) is 3.17. The normalized spacial score (nSPS) is 11.2. The van der Waals surface area contributed by atoms with Crippen LogP contribution < -0.4 is 10.6 Å². The molecule has 0 aliphatic carbocycles. The fourth-order valence-corrected chi connectivity index (χ4v) is 2.74. The summed E-state index contributed by atoms with van der Waals surface area (Å²) in [5.74, 6) is -0.798. The number of hydrogen-bond acceptors (Lipinski definition) is 4. The largest absolute Gasteiger partial charge is 0.433 e. The highest BCUT2D eigenvalue weighted by Gasteiger charge is 2.33. The number of hydrogen-bond donors (Lipinski definition) is 2. The Morgan fingerprint density at radius 1 is 1.13 bits per heavy atom. The number of rotatable bonds is 6. The number of halogens is 3. The second-order valence-corrected chi connectivity index (χ2v) is 6.46. The van der Waals surface area contributed by atoms with Crippen LogP contribution in [-0.4, -0.2) is 26.6 Å². The van der Waals surface area contributed by atoms with E-state index in [1.165, 1.54) is 11.6 Å². The Hall–Kier alpha value is -3.69. The summed E-state index contributed by atoms with van der Waals surface area (Å²) in [7, 11) is 0. The molecule has 0 atom stereocenters. The van der Waals surface area contributed by atoms with E-state index < -0.39 is 17.8 Å². The lowest BCUT2D eigenvalue weighted by Gasteiger charge is -2.11. The SMILES string of the molecule is Cc1nc(C(F)(F)F)ccc1C(=O)NCc1cccc(NC(=O)Cn2cccn2)c1. The molecule has 0 saturated carbocycles. The summed E-state index contributed by atoms with van der Waals surface area (Å²) in [6.45, 7) is 1.54. The maximum atomic E-state index is 12.7. The molecule has 30 heavy (non-hydrogen) atoms. The molecular weight excluding hydrogens is 399 g/mol. The third-order valence-corrected chi connectivity index (χ3v) is 4.15. The predicted molar refractivity (Wildman–Crippen MR) is 102 cm³/mol. The first-order chi connectivity index (χ1) is 14.2. The quantitative estimate of drug-likeness (QED) is 0.645. The summed E-state index contributed by atoms with van der Waals surface area (Å²) < 4.78 is 39.6. The van der Waals surface area contributed by atoms with E-state index in [0.29, 0.717) is 11.3 Å². The van der Waals surface area contributed by atoms with Gasteiger partial charge in [0.25, 0.3) is 5.91 Å². The summed E-state index contributed by atoms with van der Waals surface area (Å²) in [4.78, 5) is 27.8. The molecular formula is C20H18F3N5O2. The van der Waals surface area contributed by atoms with Crippen LogP contribution >= 0.6 is 0 Å². The first-order valence-corrected chi connectivity index (χ1v) is 8.91. The van der Waals surface area contributed by atoms with Crippen LogP contribution in [0.25, 0.3) is 0 Å². The minimum absolute atomic E-state index is 0.0121. The van der Waals surface area contributed by atoms with Crippen molar-refractivity contribution in [1.29, 1.82) is 0 Å². The van der Waals surface area contributed by atoms with Crippen molar-refractivity contribution in [3.8, 4) is 0 Å². The van der Waals surface area contributed by atoms with Gasteiger partial charge in [0.2, 0.25) is 5.91 Å². The fraction of sp³-hybridized carbons (Fsp3) is 0.200. The average molecular weight is 417 g/mol. The van der Waals surface area contributed by atoms with Gasteiger partial charge in [0.1, 0.15) is 12.2 Å². The summed E-state index contributed by atoms with van der Waals surface area (Å²) in [5.41, 5.74) is 0.257. The van der Waals surface area contributed by atoms with Gasteiger partial charge in [0.05, 0.1) is 11.3 Å². The molecule has 0 saturated heterocycles. The molecule has 7 nitrogen and oxygen atoms in total. The molecule has 156 valence electrons. The van der Waals surface area contributed by atoms with Gasteiger partial charge in [0.15, 0.2) is 0 Å². The zero-order valence-corrected chi connectivity index (χ0v) is 15.9. The number of aryl methyl sites for hydroxylation is 1. The second-order valence-electron chi connectivity index (χ2n) is 6.46. The molecule has 0 spiro atoms. The zero-order chi connectivity index (χ0) is 21.7. The molecule has 10 heteroatoms. The number of alkyl halides is 3. The van der Waals surface area contributed by atoms with Gasteiger partial charge in [-0.25, -0.2) is 4.98 Å². The van der Waals surface area contributed by atoms with Gasteiger partial charge < -0.3 is 10.6 Å². The first-order valence-electron chi connectivity index (χ1n) is 8.91. The number of carbonyl (C=O) groups excluding carboxylic acids is 2. The van der Waals surface area contributed by atoms with Crippen LogP contribution in [0.3, 0.4) is 0 Å². The summed E-state index contributed by atoms with van der Waals surface area (Å²) in [6.07, 6.45) is -1.32. The molecule has 0 bridgehead atoms. The highest BCUT2D eigenvalue weighted by Crippen LogP contribution is 2.28. The molecule has 2 N–H and O–H groups in total. The van der Waals surface area contributed by atoms with E-state index in [1.807, 2.05) is 0 Å². The summed E-state index contributed by atoms with van der Waals surface area (Å²) >= 11 is 0. The van der Waals surface area contributed by atoms with E-state index in [0.717, 1.165) is 12.1 Å². The van der Waals surface area contributed by atoms with Crippen LogP contribution in [0, 0.1) is 6.92 Å². The van der Waals surface area contributed by atoms with E-state index in [9.17, 15) is 22.8 Å². The Balaban J connectivity index is 1.60. The van der Waals surface area contributed by atoms with Crippen molar-refractivity contribution in [2.75, 3.05) is 5.32 Å². The Morgan fingerprint density at radius 2 is 1.93 bits per heavy atom. The van der Waals surface area contributed by atoms with Crippen LogP contribution in [0.15, 0.2) is 54.9 Å². The van der Waals surface area contributed by atoms with Crippen LogP contribution in [0.5, 0.6) is 0 Å². The van der Waals surface area contributed by atoms with E-state index in [4.69, 9.17) is 0 Å². The number of aromatic nitrogens is 3. The van der Waals surface area contributed by atoms with Gasteiger partial charge in [-0.3, -0.25) is 14.3 Å². The lowest BCUT2D eigenvalue weighted by Crippen LogP contribution is -2.24. The number of pyridine rings is 1. The van der Waals surface area contributed by atoms with Crippen molar-refractivity contribution in [1.82, 2.24) is 20.1 Å². The second kappa shape index (κ2) is 8.76. The van der Waals surface area contributed by atoms with Gasteiger partial charge >= 0.3 is 6.18 Å². The Morgan fingerprint density at radius 3 is 2.60 bits per heavy atom. The summed E-state index contributed by atoms with van der Waals surface area (Å²) in [5, 5.41) is 9.34. The monoisotopic (exact) mass is 417 g/mol. The van der Waals surface area contributed by atoms with E-state index in [2.05, 4.69) is 20.7 Å². The smallest absolute Gasteiger partial charge is 0.348 e. The molecule has 2 heterocycles. The number of nitrogens with one attached hydrogen (secondary N) is 2. The molecule has 2 amide bonds. The van der Waals surface area contributed by atoms with Crippen LogP contribution in [0.1, 0.15) is 27.3 Å². The maximum Gasteiger partial charge on any atom is 0.433 e. The average Bonchev–Trinajstić information content (AvgIpc) is 3.18. The third-order valence-electron chi connectivity index (χ3n) is 4.15.